The lowest BCUT2D eigenvalue weighted by atomic mass is 9.81. The van der Waals surface area contributed by atoms with E-state index in [0.29, 0.717) is 0 Å². The van der Waals surface area contributed by atoms with Crippen LogP contribution in [0.4, 0.5) is 0 Å². The minimum Gasteiger partial charge on any atom is -0.340 e. The van der Waals surface area contributed by atoms with Crippen molar-refractivity contribution in [3.05, 3.63) is 0 Å². The molecule has 0 aromatic rings. The third-order valence-corrected chi connectivity index (χ3v) is 5.83. The lowest BCUT2D eigenvalue weighted by molar-refractivity contribution is -0.138. The van der Waals surface area contributed by atoms with Crippen LogP contribution in [0.2, 0.25) is 0 Å². The van der Waals surface area contributed by atoms with Crippen molar-refractivity contribution in [1.82, 2.24) is 9.80 Å². The van der Waals surface area contributed by atoms with Gasteiger partial charge in [-0.15, -0.1) is 24.8 Å². The minimum atomic E-state index is -0.555. The summed E-state index contributed by atoms with van der Waals surface area (Å²) in [6.07, 6.45) is 11.8. The summed E-state index contributed by atoms with van der Waals surface area (Å²) in [6, 6.07) is 0.779. The van der Waals surface area contributed by atoms with Gasteiger partial charge in [-0.1, -0.05) is 32.1 Å². The standard InChI is InChI=1S/C17H31N3O.2ClH/c18-17(9-4-1-5-10-17)16(21)20-12-6-11-19(13-14-20)15-7-2-3-8-15;;/h15H,1-14,18H2;2*1H. The van der Waals surface area contributed by atoms with Crippen LogP contribution in [0.3, 0.4) is 0 Å². The van der Waals surface area contributed by atoms with Crippen LogP contribution in [0.25, 0.3) is 0 Å². The van der Waals surface area contributed by atoms with E-state index in [1.165, 1.54) is 32.1 Å². The van der Waals surface area contributed by atoms with Gasteiger partial charge in [0, 0.05) is 32.2 Å². The van der Waals surface area contributed by atoms with Crippen LogP contribution < -0.4 is 5.73 Å². The Balaban J connectivity index is 0.00000132. The Morgan fingerprint density at radius 1 is 0.826 bits per heavy atom. The molecule has 136 valence electrons. The quantitative estimate of drug-likeness (QED) is 0.818. The first-order valence-corrected chi connectivity index (χ1v) is 9.01. The zero-order chi connectivity index (χ0) is 14.7. The van der Waals surface area contributed by atoms with E-state index in [-0.39, 0.29) is 30.7 Å². The van der Waals surface area contributed by atoms with Crippen LogP contribution in [0.1, 0.15) is 64.2 Å². The third kappa shape index (κ3) is 4.97. The average molecular weight is 366 g/mol. The van der Waals surface area contributed by atoms with Crippen molar-refractivity contribution < 1.29 is 4.79 Å². The molecule has 1 saturated heterocycles. The second-order valence-corrected chi connectivity index (χ2v) is 7.34. The molecule has 0 atom stereocenters. The molecule has 6 heteroatoms. The molecule has 3 fully saturated rings. The van der Waals surface area contributed by atoms with Crippen molar-refractivity contribution >= 4 is 30.7 Å². The van der Waals surface area contributed by atoms with Crippen LogP contribution in [0, 0.1) is 0 Å². The normalized spacial score (nSPS) is 26.0. The zero-order valence-corrected chi connectivity index (χ0v) is 15.8. The average Bonchev–Trinajstić information content (AvgIpc) is 2.92. The van der Waals surface area contributed by atoms with Crippen molar-refractivity contribution in [2.45, 2.75) is 75.8 Å². The number of carbonyl (C=O) groups is 1. The number of nitrogens with zero attached hydrogens (tertiary/aromatic N) is 2. The van der Waals surface area contributed by atoms with E-state index in [2.05, 4.69) is 9.80 Å². The molecule has 0 aromatic carbocycles. The van der Waals surface area contributed by atoms with Crippen LogP contribution in [0.15, 0.2) is 0 Å². The van der Waals surface area contributed by atoms with Gasteiger partial charge in [-0.3, -0.25) is 9.69 Å². The maximum Gasteiger partial charge on any atom is 0.242 e. The summed E-state index contributed by atoms with van der Waals surface area (Å²) in [5.74, 6) is 0.232. The van der Waals surface area contributed by atoms with Gasteiger partial charge < -0.3 is 10.6 Å². The fourth-order valence-electron chi connectivity index (χ4n) is 4.49. The summed E-state index contributed by atoms with van der Waals surface area (Å²) in [6.45, 7) is 3.99. The van der Waals surface area contributed by atoms with Gasteiger partial charge in [-0.25, -0.2) is 0 Å². The number of rotatable bonds is 2. The summed E-state index contributed by atoms with van der Waals surface area (Å²) in [5.41, 5.74) is 5.88. The number of amides is 1. The highest BCUT2D eigenvalue weighted by atomic mass is 35.5. The lowest BCUT2D eigenvalue weighted by Crippen LogP contribution is -2.57. The smallest absolute Gasteiger partial charge is 0.242 e. The molecule has 0 aromatic heterocycles. The fraction of sp³-hybridized carbons (Fsp3) is 0.941. The van der Waals surface area contributed by atoms with Crippen molar-refractivity contribution in [2.75, 3.05) is 26.2 Å². The number of halogens is 2. The predicted octanol–water partition coefficient (Wildman–Crippen LogP) is 2.97. The number of nitrogens with two attached hydrogens (primary N) is 1. The molecule has 0 bridgehead atoms. The highest BCUT2D eigenvalue weighted by Gasteiger charge is 2.39. The summed E-state index contributed by atoms with van der Waals surface area (Å²) < 4.78 is 0. The van der Waals surface area contributed by atoms with E-state index in [1.807, 2.05) is 0 Å². The maximum atomic E-state index is 12.8. The van der Waals surface area contributed by atoms with E-state index in [0.717, 1.165) is 64.3 Å². The van der Waals surface area contributed by atoms with Gasteiger partial charge in [0.15, 0.2) is 0 Å². The first-order valence-electron chi connectivity index (χ1n) is 9.01. The van der Waals surface area contributed by atoms with Crippen LogP contribution in [-0.2, 0) is 4.79 Å². The highest BCUT2D eigenvalue weighted by Crippen LogP contribution is 2.29. The van der Waals surface area contributed by atoms with E-state index >= 15 is 0 Å². The Bertz CT molecular complexity index is 369. The predicted molar refractivity (Wildman–Crippen MR) is 99.5 cm³/mol. The molecular formula is C17H33Cl2N3O. The number of hydrogen-bond acceptors (Lipinski definition) is 3. The Kier molecular flexibility index (Phi) is 8.64. The molecule has 0 radical (unpaired) electrons. The molecule has 2 N–H and O–H groups in total. The molecule has 2 aliphatic carbocycles. The summed E-state index contributed by atoms with van der Waals surface area (Å²) >= 11 is 0. The third-order valence-electron chi connectivity index (χ3n) is 5.83. The van der Waals surface area contributed by atoms with Gasteiger partial charge in [0.1, 0.15) is 0 Å². The van der Waals surface area contributed by atoms with Crippen molar-refractivity contribution in [3.63, 3.8) is 0 Å². The van der Waals surface area contributed by atoms with E-state index in [4.69, 9.17) is 5.73 Å². The molecule has 2 saturated carbocycles. The zero-order valence-electron chi connectivity index (χ0n) is 14.2. The highest BCUT2D eigenvalue weighted by molar-refractivity contribution is 5.86. The first kappa shape index (κ1) is 21.0. The molecule has 0 spiro atoms. The van der Waals surface area contributed by atoms with Gasteiger partial charge in [0.2, 0.25) is 5.91 Å². The number of carbonyl (C=O) groups excluding carboxylic acids is 1. The van der Waals surface area contributed by atoms with Gasteiger partial charge in [0.25, 0.3) is 0 Å². The molecular weight excluding hydrogens is 333 g/mol. The van der Waals surface area contributed by atoms with Crippen LogP contribution in [-0.4, -0.2) is 53.5 Å². The molecule has 23 heavy (non-hydrogen) atoms. The minimum absolute atomic E-state index is 0. The van der Waals surface area contributed by atoms with Gasteiger partial charge >= 0.3 is 0 Å². The summed E-state index contributed by atoms with van der Waals surface area (Å²) in [7, 11) is 0. The van der Waals surface area contributed by atoms with Crippen LogP contribution in [0.5, 0.6) is 0 Å². The summed E-state index contributed by atoms with van der Waals surface area (Å²) in [4.78, 5) is 17.5. The van der Waals surface area contributed by atoms with Crippen molar-refractivity contribution in [1.29, 1.82) is 0 Å². The lowest BCUT2D eigenvalue weighted by Gasteiger charge is -2.36. The second kappa shape index (κ2) is 9.45. The van der Waals surface area contributed by atoms with E-state index < -0.39 is 5.54 Å². The monoisotopic (exact) mass is 365 g/mol. The Labute approximate surface area is 153 Å². The topological polar surface area (TPSA) is 49.6 Å². The summed E-state index contributed by atoms with van der Waals surface area (Å²) in [5, 5.41) is 0. The van der Waals surface area contributed by atoms with Crippen molar-refractivity contribution in [2.24, 2.45) is 5.73 Å². The van der Waals surface area contributed by atoms with Gasteiger partial charge in [-0.2, -0.15) is 0 Å². The van der Waals surface area contributed by atoms with Gasteiger partial charge in [0.05, 0.1) is 5.54 Å². The molecule has 1 heterocycles. The first-order chi connectivity index (χ1) is 10.2. The van der Waals surface area contributed by atoms with E-state index in [1.54, 1.807) is 0 Å². The molecule has 1 amide bonds. The molecule has 3 rings (SSSR count). The SMILES string of the molecule is Cl.Cl.NC1(C(=O)N2CCCN(C3CCCC3)CC2)CCCCC1. The maximum absolute atomic E-state index is 12.8. The Hall–Kier alpha value is -0.0300. The Morgan fingerprint density at radius 2 is 1.48 bits per heavy atom. The second-order valence-electron chi connectivity index (χ2n) is 7.34. The van der Waals surface area contributed by atoms with Crippen LogP contribution >= 0.6 is 24.8 Å². The molecule has 1 aliphatic heterocycles. The van der Waals surface area contributed by atoms with E-state index in [9.17, 15) is 4.79 Å². The van der Waals surface area contributed by atoms with Gasteiger partial charge in [-0.05, 0) is 32.1 Å². The number of hydrogen-bond donors (Lipinski definition) is 1. The van der Waals surface area contributed by atoms with Crippen molar-refractivity contribution in [3.8, 4) is 0 Å². The fourth-order valence-corrected chi connectivity index (χ4v) is 4.49. The Morgan fingerprint density at radius 3 is 2.13 bits per heavy atom. The molecule has 0 unspecified atom stereocenters. The largest absolute Gasteiger partial charge is 0.340 e. The molecule has 4 nitrogen and oxygen atoms in total. The molecule has 3 aliphatic rings.